The van der Waals surface area contributed by atoms with Gasteiger partial charge in [-0.15, -0.1) is 0 Å². The molecule has 0 aliphatic carbocycles. The molecule has 1 atom stereocenters. The van der Waals surface area contributed by atoms with Crippen LogP contribution in [0.2, 0.25) is 0 Å². The standard InChI is InChI=1S/C12H21N3/c1-9(2)11-8-14-15(3)12(11)7-10-5-4-6-13-10/h8-10,13H,4-7H2,1-3H3. The molecule has 0 aromatic carbocycles. The Bertz CT molecular complexity index is 322. The highest BCUT2D eigenvalue weighted by Gasteiger charge is 2.19. The summed E-state index contributed by atoms with van der Waals surface area (Å²) in [5, 5.41) is 7.92. The van der Waals surface area contributed by atoms with Crippen molar-refractivity contribution in [1.29, 1.82) is 0 Å². The Morgan fingerprint density at radius 3 is 3.00 bits per heavy atom. The van der Waals surface area contributed by atoms with Crippen molar-refractivity contribution in [3.8, 4) is 0 Å². The largest absolute Gasteiger partial charge is 0.314 e. The zero-order chi connectivity index (χ0) is 10.8. The van der Waals surface area contributed by atoms with Gasteiger partial charge >= 0.3 is 0 Å². The van der Waals surface area contributed by atoms with Crippen LogP contribution in [0, 0.1) is 0 Å². The lowest BCUT2D eigenvalue weighted by atomic mass is 9.99. The molecule has 2 rings (SSSR count). The van der Waals surface area contributed by atoms with Crippen LogP contribution in [0.25, 0.3) is 0 Å². The summed E-state index contributed by atoms with van der Waals surface area (Å²) >= 11 is 0. The molecule has 0 saturated carbocycles. The Hall–Kier alpha value is -0.830. The third-order valence-corrected chi connectivity index (χ3v) is 3.32. The van der Waals surface area contributed by atoms with Crippen LogP contribution in [0.4, 0.5) is 0 Å². The van der Waals surface area contributed by atoms with Gasteiger partial charge in [-0.3, -0.25) is 4.68 Å². The predicted octanol–water partition coefficient (Wildman–Crippen LogP) is 1.84. The maximum atomic E-state index is 4.37. The molecule has 1 aromatic heterocycles. The maximum Gasteiger partial charge on any atom is 0.0527 e. The third-order valence-electron chi connectivity index (χ3n) is 3.32. The minimum Gasteiger partial charge on any atom is -0.314 e. The summed E-state index contributed by atoms with van der Waals surface area (Å²) in [5.41, 5.74) is 2.82. The minimum atomic E-state index is 0.579. The lowest BCUT2D eigenvalue weighted by Gasteiger charge is -2.13. The van der Waals surface area contributed by atoms with E-state index in [1.165, 1.54) is 30.6 Å². The van der Waals surface area contributed by atoms with E-state index < -0.39 is 0 Å². The van der Waals surface area contributed by atoms with Crippen LogP contribution in [0.3, 0.4) is 0 Å². The van der Waals surface area contributed by atoms with E-state index in [2.05, 4.69) is 31.3 Å². The number of rotatable bonds is 3. The second-order valence-electron chi connectivity index (χ2n) is 4.82. The fraction of sp³-hybridized carbons (Fsp3) is 0.750. The van der Waals surface area contributed by atoms with E-state index in [1.54, 1.807) is 0 Å². The van der Waals surface area contributed by atoms with Gasteiger partial charge < -0.3 is 5.32 Å². The molecular formula is C12H21N3. The molecule has 1 aliphatic rings. The summed E-state index contributed by atoms with van der Waals surface area (Å²) in [7, 11) is 2.05. The van der Waals surface area contributed by atoms with E-state index in [1.807, 2.05) is 10.9 Å². The molecule has 1 aromatic rings. The van der Waals surface area contributed by atoms with Crippen LogP contribution in [-0.4, -0.2) is 22.4 Å². The maximum absolute atomic E-state index is 4.37. The fourth-order valence-corrected chi connectivity index (χ4v) is 2.38. The highest BCUT2D eigenvalue weighted by Crippen LogP contribution is 2.21. The van der Waals surface area contributed by atoms with Crippen LogP contribution in [-0.2, 0) is 13.5 Å². The van der Waals surface area contributed by atoms with Crippen LogP contribution >= 0.6 is 0 Å². The van der Waals surface area contributed by atoms with Crippen LogP contribution in [0.5, 0.6) is 0 Å². The van der Waals surface area contributed by atoms with Gasteiger partial charge in [0, 0.05) is 25.2 Å². The van der Waals surface area contributed by atoms with E-state index in [0.717, 1.165) is 6.42 Å². The van der Waals surface area contributed by atoms with Crippen molar-refractivity contribution in [3.63, 3.8) is 0 Å². The first-order chi connectivity index (χ1) is 7.18. The number of aryl methyl sites for hydroxylation is 1. The summed E-state index contributed by atoms with van der Waals surface area (Å²) in [6.07, 6.45) is 5.78. The molecular weight excluding hydrogens is 186 g/mol. The average Bonchev–Trinajstić information content (AvgIpc) is 2.78. The fourth-order valence-electron chi connectivity index (χ4n) is 2.38. The SMILES string of the molecule is CC(C)c1cnn(C)c1CC1CCCN1. The molecule has 1 aliphatic heterocycles. The van der Waals surface area contributed by atoms with Crippen LogP contribution < -0.4 is 5.32 Å². The molecule has 1 saturated heterocycles. The Balaban J connectivity index is 2.14. The van der Waals surface area contributed by atoms with E-state index in [4.69, 9.17) is 0 Å². The van der Waals surface area contributed by atoms with Gasteiger partial charge in [0.25, 0.3) is 0 Å². The van der Waals surface area contributed by atoms with Crippen LogP contribution in [0.15, 0.2) is 6.20 Å². The van der Waals surface area contributed by atoms with Crippen molar-refractivity contribution < 1.29 is 0 Å². The van der Waals surface area contributed by atoms with Crippen molar-refractivity contribution >= 4 is 0 Å². The summed E-state index contributed by atoms with van der Waals surface area (Å²) < 4.78 is 2.04. The summed E-state index contributed by atoms with van der Waals surface area (Å²) in [6, 6.07) is 0.665. The van der Waals surface area contributed by atoms with E-state index in [-0.39, 0.29) is 0 Å². The zero-order valence-corrected chi connectivity index (χ0v) is 9.95. The van der Waals surface area contributed by atoms with Crippen molar-refractivity contribution in [2.75, 3.05) is 6.54 Å². The molecule has 0 radical (unpaired) electrons. The van der Waals surface area contributed by atoms with E-state index in [9.17, 15) is 0 Å². The molecule has 3 heteroatoms. The Morgan fingerprint density at radius 1 is 1.60 bits per heavy atom. The van der Waals surface area contributed by atoms with Crippen molar-refractivity contribution in [2.45, 2.75) is 45.1 Å². The smallest absolute Gasteiger partial charge is 0.0527 e. The average molecular weight is 207 g/mol. The monoisotopic (exact) mass is 207 g/mol. The Morgan fingerprint density at radius 2 is 2.40 bits per heavy atom. The lowest BCUT2D eigenvalue weighted by Crippen LogP contribution is -2.25. The zero-order valence-electron chi connectivity index (χ0n) is 9.95. The summed E-state index contributed by atoms with van der Waals surface area (Å²) in [5.74, 6) is 0.579. The van der Waals surface area contributed by atoms with Gasteiger partial charge in [-0.1, -0.05) is 13.8 Å². The molecule has 84 valence electrons. The normalized spacial score (nSPS) is 21.5. The van der Waals surface area contributed by atoms with E-state index in [0.29, 0.717) is 12.0 Å². The van der Waals surface area contributed by atoms with Gasteiger partial charge in [0.1, 0.15) is 0 Å². The number of aromatic nitrogens is 2. The molecule has 1 fully saturated rings. The molecule has 15 heavy (non-hydrogen) atoms. The topological polar surface area (TPSA) is 29.9 Å². The van der Waals surface area contributed by atoms with Gasteiger partial charge in [0.05, 0.1) is 6.20 Å². The summed E-state index contributed by atoms with van der Waals surface area (Å²) in [4.78, 5) is 0. The molecule has 0 amide bonds. The highest BCUT2D eigenvalue weighted by atomic mass is 15.3. The van der Waals surface area contributed by atoms with Gasteiger partial charge in [0.15, 0.2) is 0 Å². The van der Waals surface area contributed by atoms with Crippen molar-refractivity contribution in [2.24, 2.45) is 7.05 Å². The first-order valence-electron chi connectivity index (χ1n) is 5.92. The number of nitrogens with one attached hydrogen (secondary N) is 1. The lowest BCUT2D eigenvalue weighted by molar-refractivity contribution is 0.565. The molecule has 1 N–H and O–H groups in total. The van der Waals surface area contributed by atoms with Crippen molar-refractivity contribution in [3.05, 3.63) is 17.5 Å². The molecule has 2 heterocycles. The number of nitrogens with zero attached hydrogens (tertiary/aromatic N) is 2. The van der Waals surface area contributed by atoms with Crippen molar-refractivity contribution in [1.82, 2.24) is 15.1 Å². The van der Waals surface area contributed by atoms with Gasteiger partial charge in [0.2, 0.25) is 0 Å². The Labute approximate surface area is 91.9 Å². The molecule has 0 spiro atoms. The molecule has 0 bridgehead atoms. The molecule has 1 unspecified atom stereocenters. The van der Waals surface area contributed by atoms with Gasteiger partial charge in [-0.25, -0.2) is 0 Å². The second-order valence-corrected chi connectivity index (χ2v) is 4.82. The molecule has 3 nitrogen and oxygen atoms in total. The van der Waals surface area contributed by atoms with Gasteiger partial charge in [-0.05, 0) is 30.9 Å². The quantitative estimate of drug-likeness (QED) is 0.819. The van der Waals surface area contributed by atoms with E-state index >= 15 is 0 Å². The number of hydrogen-bond acceptors (Lipinski definition) is 2. The van der Waals surface area contributed by atoms with Crippen LogP contribution in [0.1, 0.15) is 43.9 Å². The summed E-state index contributed by atoms with van der Waals surface area (Å²) in [6.45, 7) is 5.66. The predicted molar refractivity (Wildman–Crippen MR) is 62.0 cm³/mol. The minimum absolute atomic E-state index is 0.579. The van der Waals surface area contributed by atoms with Gasteiger partial charge in [-0.2, -0.15) is 5.10 Å². The second kappa shape index (κ2) is 4.35. The third kappa shape index (κ3) is 2.23. The number of hydrogen-bond donors (Lipinski definition) is 1. The highest BCUT2D eigenvalue weighted by molar-refractivity contribution is 5.22. The Kier molecular flexibility index (Phi) is 3.10. The first kappa shape index (κ1) is 10.7. The first-order valence-corrected chi connectivity index (χ1v) is 5.92.